The highest BCUT2D eigenvalue weighted by molar-refractivity contribution is 6.09. The molecule has 0 N–H and O–H groups in total. The van der Waals surface area contributed by atoms with Crippen molar-refractivity contribution in [3.8, 4) is 5.75 Å². The number of Topliss-reactive ketones (excluding diaryl/α,β-unsaturated/α-hetero) is 1. The normalized spacial score (nSPS) is 21.0. The Balaban J connectivity index is 1.74. The number of nitrogens with zero attached hydrogens (tertiary/aromatic N) is 1. The lowest BCUT2D eigenvalue weighted by molar-refractivity contribution is -0.148. The second-order valence-electron chi connectivity index (χ2n) is 7.68. The molecule has 2 atom stereocenters. The molecule has 1 heterocycles. The highest BCUT2D eigenvalue weighted by Crippen LogP contribution is 2.46. The van der Waals surface area contributed by atoms with Gasteiger partial charge in [-0.3, -0.25) is 14.6 Å². The minimum atomic E-state index is -0.661. The van der Waals surface area contributed by atoms with Gasteiger partial charge in [-0.15, -0.1) is 0 Å². The Bertz CT molecular complexity index is 1020. The maximum atomic E-state index is 13.3. The fourth-order valence-corrected chi connectivity index (χ4v) is 4.39. The van der Waals surface area contributed by atoms with Crippen LogP contribution in [0.3, 0.4) is 0 Å². The third-order valence-electron chi connectivity index (χ3n) is 5.79. The maximum Gasteiger partial charge on any atom is 0.315 e. The average molecular weight is 403 g/mol. The van der Waals surface area contributed by atoms with E-state index in [-0.39, 0.29) is 18.4 Å². The number of benzene rings is 2. The predicted octanol–water partition coefficient (Wildman–Crippen LogP) is 4.62. The molecule has 154 valence electrons. The Morgan fingerprint density at radius 3 is 2.57 bits per heavy atom. The molecule has 1 unspecified atom stereocenters. The van der Waals surface area contributed by atoms with Crippen LogP contribution in [-0.4, -0.2) is 24.6 Å². The molecule has 0 fully saturated rings. The molecule has 2 aliphatic rings. The van der Waals surface area contributed by atoms with E-state index in [1.54, 1.807) is 7.11 Å². The molecule has 0 aromatic heterocycles. The summed E-state index contributed by atoms with van der Waals surface area (Å²) < 4.78 is 11.3. The Morgan fingerprint density at radius 2 is 1.80 bits per heavy atom. The Kier molecular flexibility index (Phi) is 5.79. The predicted molar refractivity (Wildman–Crippen MR) is 114 cm³/mol. The standard InChI is InChI=1S/C25H25NO4/c1-16-22(25(28)30-15-17-9-4-3-5-10-17)23(18-11-6-7-14-21(18)29-2)24-19(26-16)12-8-13-20(24)27/h3-7,9-11,14,22-23H,8,12-13,15H2,1-2H3/t22?,23-/m0/s1. The first-order valence-corrected chi connectivity index (χ1v) is 10.2. The van der Waals surface area contributed by atoms with Gasteiger partial charge in [0.1, 0.15) is 18.3 Å². The van der Waals surface area contributed by atoms with E-state index in [0.29, 0.717) is 23.5 Å². The van der Waals surface area contributed by atoms with Crippen molar-refractivity contribution < 1.29 is 19.1 Å². The van der Waals surface area contributed by atoms with Crippen molar-refractivity contribution in [3.63, 3.8) is 0 Å². The van der Waals surface area contributed by atoms with Gasteiger partial charge in [-0.25, -0.2) is 0 Å². The second-order valence-corrected chi connectivity index (χ2v) is 7.68. The number of hydrogen-bond donors (Lipinski definition) is 0. The third kappa shape index (κ3) is 3.80. The van der Waals surface area contributed by atoms with E-state index >= 15 is 0 Å². The smallest absolute Gasteiger partial charge is 0.315 e. The van der Waals surface area contributed by atoms with Crippen LogP contribution in [0.15, 0.2) is 70.9 Å². The zero-order valence-electron chi connectivity index (χ0n) is 17.3. The van der Waals surface area contributed by atoms with E-state index in [9.17, 15) is 9.59 Å². The number of ether oxygens (including phenoxy) is 2. The first-order valence-electron chi connectivity index (χ1n) is 10.2. The number of esters is 1. The summed E-state index contributed by atoms with van der Waals surface area (Å²) in [6, 6.07) is 17.1. The number of carbonyl (C=O) groups excluding carboxylic acids is 2. The molecule has 0 amide bonds. The first-order chi connectivity index (χ1) is 14.6. The van der Waals surface area contributed by atoms with E-state index < -0.39 is 11.8 Å². The van der Waals surface area contributed by atoms with E-state index in [4.69, 9.17) is 9.47 Å². The van der Waals surface area contributed by atoms with Gasteiger partial charge in [0.2, 0.25) is 0 Å². The third-order valence-corrected chi connectivity index (χ3v) is 5.79. The lowest BCUT2D eigenvalue weighted by Crippen LogP contribution is -2.37. The molecule has 1 aliphatic heterocycles. The van der Waals surface area contributed by atoms with Gasteiger partial charge in [-0.1, -0.05) is 48.5 Å². The molecule has 2 aromatic rings. The van der Waals surface area contributed by atoms with Crippen molar-refractivity contribution in [3.05, 3.63) is 77.0 Å². The number of hydrogen-bond acceptors (Lipinski definition) is 5. The first kappa shape index (κ1) is 20.1. The summed E-state index contributed by atoms with van der Waals surface area (Å²) in [4.78, 5) is 30.9. The number of rotatable bonds is 5. The van der Waals surface area contributed by atoms with Gasteiger partial charge in [0, 0.05) is 34.9 Å². The number of methoxy groups -OCH3 is 1. The molecule has 0 saturated carbocycles. The number of para-hydroxylation sites is 1. The highest BCUT2D eigenvalue weighted by Gasteiger charge is 2.44. The molecule has 1 aliphatic carbocycles. The molecule has 0 spiro atoms. The van der Waals surface area contributed by atoms with Gasteiger partial charge < -0.3 is 9.47 Å². The summed E-state index contributed by atoms with van der Waals surface area (Å²) in [6.07, 6.45) is 2.01. The van der Waals surface area contributed by atoms with Gasteiger partial charge in [0.05, 0.1) is 7.11 Å². The maximum absolute atomic E-state index is 13.3. The fourth-order valence-electron chi connectivity index (χ4n) is 4.39. The summed E-state index contributed by atoms with van der Waals surface area (Å²) in [7, 11) is 1.60. The minimum absolute atomic E-state index is 0.0595. The number of ketones is 1. The van der Waals surface area contributed by atoms with Crippen molar-refractivity contribution in [2.45, 2.75) is 38.7 Å². The van der Waals surface area contributed by atoms with Gasteiger partial charge >= 0.3 is 5.97 Å². The summed E-state index contributed by atoms with van der Waals surface area (Å²) in [5, 5.41) is 0. The lowest BCUT2D eigenvalue weighted by atomic mass is 9.71. The quantitative estimate of drug-likeness (QED) is 0.684. The van der Waals surface area contributed by atoms with E-state index in [1.165, 1.54) is 0 Å². The van der Waals surface area contributed by atoms with E-state index in [0.717, 1.165) is 29.7 Å². The molecule has 5 heteroatoms. The summed E-state index contributed by atoms with van der Waals surface area (Å²) >= 11 is 0. The summed E-state index contributed by atoms with van der Waals surface area (Å²) in [5.41, 5.74) is 3.85. The van der Waals surface area contributed by atoms with Gasteiger partial charge in [0.15, 0.2) is 5.78 Å². The molecule has 30 heavy (non-hydrogen) atoms. The van der Waals surface area contributed by atoms with Crippen molar-refractivity contribution in [1.29, 1.82) is 0 Å². The van der Waals surface area contributed by atoms with E-state index in [2.05, 4.69) is 4.99 Å². The van der Waals surface area contributed by atoms with Crippen LogP contribution in [0, 0.1) is 5.92 Å². The Labute approximate surface area is 176 Å². The monoisotopic (exact) mass is 403 g/mol. The van der Waals surface area contributed by atoms with Crippen molar-refractivity contribution >= 4 is 17.5 Å². The van der Waals surface area contributed by atoms with Crippen LogP contribution in [0.5, 0.6) is 5.75 Å². The topological polar surface area (TPSA) is 65.0 Å². The lowest BCUT2D eigenvalue weighted by Gasteiger charge is -2.35. The zero-order valence-corrected chi connectivity index (χ0v) is 17.3. The Hall–Kier alpha value is -3.21. The minimum Gasteiger partial charge on any atom is -0.496 e. The van der Waals surface area contributed by atoms with Crippen LogP contribution in [0.4, 0.5) is 0 Å². The molecular weight excluding hydrogens is 378 g/mol. The molecule has 5 nitrogen and oxygen atoms in total. The van der Waals surface area contributed by atoms with Crippen molar-refractivity contribution in [1.82, 2.24) is 0 Å². The number of allylic oxidation sites excluding steroid dienone is 2. The molecule has 0 saturated heterocycles. The van der Waals surface area contributed by atoms with Gasteiger partial charge in [-0.2, -0.15) is 0 Å². The zero-order chi connectivity index (χ0) is 21.1. The van der Waals surface area contributed by atoms with Crippen LogP contribution in [0.25, 0.3) is 0 Å². The number of aliphatic imine (C=N–C) groups is 1. The van der Waals surface area contributed by atoms with Crippen LogP contribution in [-0.2, 0) is 20.9 Å². The highest BCUT2D eigenvalue weighted by atomic mass is 16.5. The molecule has 4 rings (SSSR count). The van der Waals surface area contributed by atoms with Crippen molar-refractivity contribution in [2.24, 2.45) is 10.9 Å². The summed E-state index contributed by atoms with van der Waals surface area (Å²) in [5.74, 6) is -0.774. The van der Waals surface area contributed by atoms with Crippen LogP contribution >= 0.6 is 0 Å². The SMILES string of the molecule is COc1ccccc1[C@@H]1C2=C(CCCC2=O)N=C(C)C1C(=O)OCc1ccccc1. The van der Waals surface area contributed by atoms with E-state index in [1.807, 2.05) is 61.5 Å². The molecule has 0 bridgehead atoms. The summed E-state index contributed by atoms with van der Waals surface area (Å²) in [6.45, 7) is 2.03. The molecule has 0 radical (unpaired) electrons. The number of carbonyl (C=O) groups is 2. The Morgan fingerprint density at radius 1 is 1.07 bits per heavy atom. The van der Waals surface area contributed by atoms with Crippen LogP contribution < -0.4 is 4.74 Å². The average Bonchev–Trinajstić information content (AvgIpc) is 2.77. The molecular formula is C25H25NO4. The largest absolute Gasteiger partial charge is 0.496 e. The van der Waals surface area contributed by atoms with Crippen LogP contribution in [0.1, 0.15) is 43.2 Å². The van der Waals surface area contributed by atoms with Crippen molar-refractivity contribution in [2.75, 3.05) is 7.11 Å². The molecule has 2 aromatic carbocycles. The van der Waals surface area contributed by atoms with Gasteiger partial charge in [0.25, 0.3) is 0 Å². The fraction of sp³-hybridized carbons (Fsp3) is 0.320. The second kappa shape index (κ2) is 8.66. The van der Waals surface area contributed by atoms with Crippen LogP contribution in [0.2, 0.25) is 0 Å². The van der Waals surface area contributed by atoms with Gasteiger partial charge in [-0.05, 0) is 31.4 Å².